The van der Waals surface area contributed by atoms with Crippen molar-refractivity contribution < 1.29 is 14.6 Å². The molecule has 1 N–H and O–H groups in total. The van der Waals surface area contributed by atoms with E-state index in [-0.39, 0.29) is 12.3 Å². The number of rotatable bonds is 5. The minimum absolute atomic E-state index is 0.00595. The van der Waals surface area contributed by atoms with E-state index in [4.69, 9.17) is 4.74 Å². The van der Waals surface area contributed by atoms with Gasteiger partial charge >= 0.3 is 5.97 Å². The number of carboxylic acid groups (broad SMARTS) is 1. The van der Waals surface area contributed by atoms with Crippen molar-refractivity contribution in [2.75, 3.05) is 12.0 Å². The van der Waals surface area contributed by atoms with Gasteiger partial charge in [-0.25, -0.2) is 0 Å². The second-order valence-corrected chi connectivity index (χ2v) is 6.42. The van der Waals surface area contributed by atoms with Gasteiger partial charge in [0.05, 0.1) is 13.5 Å². The molecule has 0 saturated carbocycles. The summed E-state index contributed by atoms with van der Waals surface area (Å²) in [7, 11) is 1.65. The Balaban J connectivity index is 2.05. The van der Waals surface area contributed by atoms with E-state index in [1.807, 2.05) is 65.6 Å². The fourth-order valence-corrected chi connectivity index (χ4v) is 3.17. The molecule has 0 saturated heterocycles. The third-order valence-corrected chi connectivity index (χ3v) is 4.61. The quantitative estimate of drug-likeness (QED) is 0.830. The Morgan fingerprint density at radius 2 is 1.85 bits per heavy atom. The molecule has 1 heterocycles. The number of hydrogen-bond acceptors (Lipinski definition) is 3. The number of nitrogens with zero attached hydrogens (tertiary/aromatic N) is 1. The molecular formula is C22H23NO3. The molecule has 0 bridgehead atoms. The summed E-state index contributed by atoms with van der Waals surface area (Å²) in [5.74, 6) is 0.271. The molecule has 1 unspecified atom stereocenters. The van der Waals surface area contributed by atoms with Gasteiger partial charge in [0.25, 0.3) is 0 Å². The molecule has 0 amide bonds. The summed E-state index contributed by atoms with van der Waals surface area (Å²) in [5, 5.41) is 9.33. The van der Waals surface area contributed by atoms with Crippen LogP contribution in [0.1, 0.15) is 25.3 Å². The Kier molecular flexibility index (Phi) is 5.42. The van der Waals surface area contributed by atoms with E-state index in [0.29, 0.717) is 0 Å². The average molecular weight is 349 g/mol. The van der Waals surface area contributed by atoms with E-state index in [1.165, 1.54) is 5.57 Å². The number of aliphatic carboxylic acids is 1. The van der Waals surface area contributed by atoms with E-state index >= 15 is 0 Å². The number of para-hydroxylation sites is 1. The zero-order valence-corrected chi connectivity index (χ0v) is 15.1. The summed E-state index contributed by atoms with van der Waals surface area (Å²) < 4.78 is 5.25. The van der Waals surface area contributed by atoms with Crippen LogP contribution in [0.2, 0.25) is 0 Å². The smallest absolute Gasteiger partial charge is 0.309 e. The number of hydrogen-bond donors (Lipinski definition) is 1. The highest BCUT2D eigenvalue weighted by Gasteiger charge is 2.21. The van der Waals surface area contributed by atoms with Gasteiger partial charge in [-0.1, -0.05) is 43.3 Å². The van der Waals surface area contributed by atoms with Gasteiger partial charge in [-0.2, -0.15) is 0 Å². The summed E-state index contributed by atoms with van der Waals surface area (Å²) in [5.41, 5.74) is 4.04. The van der Waals surface area contributed by atoms with Gasteiger partial charge in [-0.15, -0.1) is 0 Å². The molecule has 1 aliphatic heterocycles. The summed E-state index contributed by atoms with van der Waals surface area (Å²) in [6.45, 7) is 2.17. The maximum atomic E-state index is 11.4. The molecule has 2 aromatic carbocycles. The molecular weight excluding hydrogens is 326 g/mol. The molecule has 1 atom stereocenters. The lowest BCUT2D eigenvalue weighted by Gasteiger charge is -2.24. The molecule has 1 aliphatic rings. The lowest BCUT2D eigenvalue weighted by atomic mass is 9.92. The molecule has 0 spiro atoms. The molecule has 4 heteroatoms. The maximum absolute atomic E-state index is 11.4. The van der Waals surface area contributed by atoms with Gasteiger partial charge in [0, 0.05) is 17.6 Å². The van der Waals surface area contributed by atoms with Gasteiger partial charge in [-0.05, 0) is 47.7 Å². The van der Waals surface area contributed by atoms with Crippen LogP contribution in [0.5, 0.6) is 5.75 Å². The highest BCUT2D eigenvalue weighted by Crippen LogP contribution is 2.34. The summed E-state index contributed by atoms with van der Waals surface area (Å²) in [6, 6.07) is 17.9. The van der Waals surface area contributed by atoms with E-state index in [2.05, 4.69) is 13.1 Å². The van der Waals surface area contributed by atoms with Crippen molar-refractivity contribution in [2.24, 2.45) is 5.92 Å². The minimum atomic E-state index is -0.828. The second kappa shape index (κ2) is 7.91. The maximum Gasteiger partial charge on any atom is 0.309 e. The zero-order valence-electron chi connectivity index (χ0n) is 15.1. The Morgan fingerprint density at radius 3 is 2.46 bits per heavy atom. The summed E-state index contributed by atoms with van der Waals surface area (Å²) >= 11 is 0. The van der Waals surface area contributed by atoms with Crippen LogP contribution >= 0.6 is 0 Å². The average Bonchev–Trinajstić information content (AvgIpc) is 2.82. The van der Waals surface area contributed by atoms with Gasteiger partial charge in [0.2, 0.25) is 0 Å². The number of ether oxygens (including phenoxy) is 1. The van der Waals surface area contributed by atoms with Crippen LogP contribution in [0.25, 0.3) is 5.57 Å². The molecule has 134 valence electrons. The van der Waals surface area contributed by atoms with E-state index in [1.54, 1.807) is 7.11 Å². The summed E-state index contributed by atoms with van der Waals surface area (Å²) in [6.07, 6.45) is 4.90. The van der Waals surface area contributed by atoms with E-state index in [9.17, 15) is 9.90 Å². The van der Waals surface area contributed by atoms with Crippen molar-refractivity contribution in [3.63, 3.8) is 0 Å². The van der Waals surface area contributed by atoms with Crippen LogP contribution in [-0.2, 0) is 4.79 Å². The Morgan fingerprint density at radius 1 is 1.15 bits per heavy atom. The normalized spacial score (nSPS) is 17.2. The molecule has 3 rings (SSSR count). The summed E-state index contributed by atoms with van der Waals surface area (Å²) in [4.78, 5) is 13.4. The van der Waals surface area contributed by atoms with Crippen molar-refractivity contribution >= 4 is 17.2 Å². The van der Waals surface area contributed by atoms with Crippen molar-refractivity contribution in [3.05, 3.63) is 78.1 Å². The molecule has 2 aromatic rings. The van der Waals surface area contributed by atoms with Crippen LogP contribution in [0.15, 0.2) is 72.6 Å². The molecule has 0 aliphatic carbocycles. The fourth-order valence-electron chi connectivity index (χ4n) is 3.17. The number of carbonyl (C=O) groups is 1. The first-order valence-corrected chi connectivity index (χ1v) is 8.69. The fraction of sp³-hybridized carbons (Fsp3) is 0.227. The Bertz CT molecular complexity index is 822. The van der Waals surface area contributed by atoms with Gasteiger partial charge in [0.15, 0.2) is 0 Å². The predicted molar refractivity (Wildman–Crippen MR) is 104 cm³/mol. The Hall–Kier alpha value is -3.01. The van der Waals surface area contributed by atoms with E-state index in [0.717, 1.165) is 29.1 Å². The zero-order chi connectivity index (χ0) is 18.5. The number of methoxy groups -OCH3 is 1. The van der Waals surface area contributed by atoms with Crippen LogP contribution in [0.3, 0.4) is 0 Å². The predicted octanol–water partition coefficient (Wildman–Crippen LogP) is 4.94. The van der Waals surface area contributed by atoms with Crippen LogP contribution in [0, 0.1) is 5.92 Å². The highest BCUT2D eigenvalue weighted by molar-refractivity contribution is 5.77. The third kappa shape index (κ3) is 3.97. The van der Waals surface area contributed by atoms with Crippen molar-refractivity contribution in [3.8, 4) is 5.75 Å². The Labute approximate surface area is 154 Å². The third-order valence-electron chi connectivity index (χ3n) is 4.61. The van der Waals surface area contributed by atoms with Gasteiger partial charge in [0.1, 0.15) is 5.75 Å². The first-order chi connectivity index (χ1) is 12.6. The monoisotopic (exact) mass is 349 g/mol. The lowest BCUT2D eigenvalue weighted by molar-refractivity contribution is -0.136. The largest absolute Gasteiger partial charge is 0.497 e. The standard InChI is InChI=1S/C22H23NO3/c1-16-8-11-19(14-22(24)25)23(18-6-4-3-5-7-18)15-21(16)17-9-12-20(26-2)13-10-17/h3-7,9-13,15-16H,8,14H2,1-2H3,(H,24,25). The number of carboxylic acids is 1. The number of allylic oxidation sites excluding steroid dienone is 2. The van der Waals surface area contributed by atoms with Crippen LogP contribution < -0.4 is 9.64 Å². The highest BCUT2D eigenvalue weighted by atomic mass is 16.5. The molecule has 0 radical (unpaired) electrons. The SMILES string of the molecule is COc1ccc(C2=CN(c3ccccc3)C(CC(=O)O)=CCC2C)cc1. The van der Waals surface area contributed by atoms with Crippen molar-refractivity contribution in [1.82, 2.24) is 0 Å². The molecule has 0 fully saturated rings. The van der Waals surface area contributed by atoms with Gasteiger partial charge in [-0.3, -0.25) is 4.79 Å². The minimum Gasteiger partial charge on any atom is -0.497 e. The lowest BCUT2D eigenvalue weighted by Crippen LogP contribution is -2.18. The molecule has 26 heavy (non-hydrogen) atoms. The molecule has 0 aromatic heterocycles. The number of benzene rings is 2. The van der Waals surface area contributed by atoms with E-state index < -0.39 is 5.97 Å². The first kappa shape index (κ1) is 17.8. The first-order valence-electron chi connectivity index (χ1n) is 8.69. The van der Waals surface area contributed by atoms with Crippen LogP contribution in [0.4, 0.5) is 5.69 Å². The topological polar surface area (TPSA) is 49.8 Å². The second-order valence-electron chi connectivity index (χ2n) is 6.42. The van der Waals surface area contributed by atoms with Crippen LogP contribution in [-0.4, -0.2) is 18.2 Å². The number of anilines is 1. The van der Waals surface area contributed by atoms with Crippen molar-refractivity contribution in [1.29, 1.82) is 0 Å². The van der Waals surface area contributed by atoms with Crippen molar-refractivity contribution in [2.45, 2.75) is 19.8 Å². The molecule has 4 nitrogen and oxygen atoms in total. The van der Waals surface area contributed by atoms with Gasteiger partial charge < -0.3 is 14.7 Å².